The number of ether oxygens (including phenoxy) is 1. The molecule has 2 amide bonds. The molecule has 0 aromatic carbocycles. The Morgan fingerprint density at radius 2 is 2.32 bits per heavy atom. The molecule has 1 aromatic heterocycles. The first-order chi connectivity index (χ1) is 10.8. The molecule has 2 fully saturated rings. The molecule has 2 atom stereocenters. The van der Waals surface area contributed by atoms with Gasteiger partial charge < -0.3 is 15.4 Å². The first-order valence-corrected chi connectivity index (χ1v) is 8.09. The van der Waals surface area contributed by atoms with E-state index >= 15 is 0 Å². The van der Waals surface area contributed by atoms with E-state index in [4.69, 9.17) is 4.74 Å². The van der Waals surface area contributed by atoms with E-state index in [0.717, 1.165) is 13.0 Å². The zero-order valence-electron chi connectivity index (χ0n) is 13.1. The lowest BCUT2D eigenvalue weighted by Crippen LogP contribution is -2.47. The number of fused-ring (bicyclic) bond motifs is 1. The van der Waals surface area contributed by atoms with E-state index in [9.17, 15) is 4.79 Å². The van der Waals surface area contributed by atoms with E-state index in [1.165, 1.54) is 25.8 Å². The summed E-state index contributed by atoms with van der Waals surface area (Å²) in [4.78, 5) is 14.7. The van der Waals surface area contributed by atoms with E-state index in [-0.39, 0.29) is 12.1 Å². The number of nitrogens with one attached hydrogen (secondary N) is 2. The van der Waals surface area contributed by atoms with Crippen molar-refractivity contribution in [3.05, 3.63) is 12.4 Å². The second-order valence-corrected chi connectivity index (χ2v) is 6.08. The molecule has 0 spiro atoms. The molecule has 122 valence electrons. The Balaban J connectivity index is 1.49. The fourth-order valence-corrected chi connectivity index (χ4v) is 3.49. The highest BCUT2D eigenvalue weighted by atomic mass is 16.5. The Labute approximate surface area is 131 Å². The second kappa shape index (κ2) is 7.11. The van der Waals surface area contributed by atoms with Gasteiger partial charge in [0.1, 0.15) is 0 Å². The first-order valence-electron chi connectivity index (χ1n) is 8.09. The maximum Gasteiger partial charge on any atom is 0.319 e. The predicted octanol–water partition coefficient (Wildman–Crippen LogP) is 1.28. The van der Waals surface area contributed by atoms with Gasteiger partial charge in [0, 0.05) is 31.9 Å². The van der Waals surface area contributed by atoms with Crippen molar-refractivity contribution in [2.24, 2.45) is 0 Å². The van der Waals surface area contributed by atoms with Gasteiger partial charge in [0.15, 0.2) is 0 Å². The fourth-order valence-electron chi connectivity index (χ4n) is 3.49. The average Bonchev–Trinajstić information content (AvgIpc) is 3.13. The summed E-state index contributed by atoms with van der Waals surface area (Å²) in [6, 6.07) is 0.650. The molecule has 3 heterocycles. The van der Waals surface area contributed by atoms with Crippen molar-refractivity contribution in [2.45, 2.75) is 44.3 Å². The number of hydrogen-bond acceptors (Lipinski definition) is 4. The van der Waals surface area contributed by atoms with Gasteiger partial charge in [0.25, 0.3) is 0 Å². The van der Waals surface area contributed by atoms with Crippen LogP contribution in [0.3, 0.4) is 0 Å². The van der Waals surface area contributed by atoms with Crippen LogP contribution in [0.2, 0.25) is 0 Å². The molecule has 1 aromatic rings. The summed E-state index contributed by atoms with van der Waals surface area (Å²) in [6.45, 7) is 3.56. The predicted molar refractivity (Wildman–Crippen MR) is 83.9 cm³/mol. The van der Waals surface area contributed by atoms with E-state index < -0.39 is 0 Å². The van der Waals surface area contributed by atoms with Crippen LogP contribution in [0.1, 0.15) is 25.7 Å². The van der Waals surface area contributed by atoms with Crippen molar-refractivity contribution in [3.63, 3.8) is 0 Å². The normalized spacial score (nSPS) is 25.0. The van der Waals surface area contributed by atoms with Crippen molar-refractivity contribution in [1.82, 2.24) is 20.0 Å². The van der Waals surface area contributed by atoms with Crippen LogP contribution < -0.4 is 10.6 Å². The van der Waals surface area contributed by atoms with Crippen LogP contribution in [0.15, 0.2) is 12.4 Å². The minimum Gasteiger partial charge on any atom is -0.383 e. The number of carbonyl (C=O) groups excluding carboxylic acids is 1. The summed E-state index contributed by atoms with van der Waals surface area (Å²) >= 11 is 0. The van der Waals surface area contributed by atoms with Crippen LogP contribution in [0.25, 0.3) is 0 Å². The first kappa shape index (κ1) is 15.3. The topological polar surface area (TPSA) is 71.4 Å². The Morgan fingerprint density at radius 3 is 3.18 bits per heavy atom. The maximum absolute atomic E-state index is 12.2. The number of methoxy groups -OCH3 is 1. The summed E-state index contributed by atoms with van der Waals surface area (Å²) in [7, 11) is 1.66. The lowest BCUT2D eigenvalue weighted by molar-refractivity contribution is 0.180. The number of aromatic nitrogens is 2. The molecule has 0 bridgehead atoms. The standard InChI is InChI=1S/C15H25N5O2/c1-22-9-8-20-11-12(10-16-20)17-15(21)18-13-5-7-19-6-3-2-4-14(13)19/h10-11,13-14H,2-9H2,1H3,(H2,17,18,21)/t13-,14-/m1/s1. The molecule has 2 saturated heterocycles. The third-order valence-electron chi connectivity index (χ3n) is 4.59. The Hall–Kier alpha value is -1.60. The molecular formula is C15H25N5O2. The number of amides is 2. The van der Waals surface area contributed by atoms with Crippen molar-refractivity contribution < 1.29 is 9.53 Å². The van der Waals surface area contributed by atoms with Crippen LogP contribution in [0.4, 0.5) is 10.5 Å². The second-order valence-electron chi connectivity index (χ2n) is 6.08. The van der Waals surface area contributed by atoms with Gasteiger partial charge in [-0.3, -0.25) is 9.58 Å². The lowest BCUT2D eigenvalue weighted by atomic mass is 9.99. The molecule has 0 radical (unpaired) electrons. The largest absolute Gasteiger partial charge is 0.383 e. The molecular weight excluding hydrogens is 282 g/mol. The number of nitrogens with zero attached hydrogens (tertiary/aromatic N) is 3. The number of hydrogen-bond donors (Lipinski definition) is 2. The van der Waals surface area contributed by atoms with Crippen molar-refractivity contribution >= 4 is 11.7 Å². The third kappa shape index (κ3) is 3.59. The summed E-state index contributed by atoms with van der Waals surface area (Å²) in [5.74, 6) is 0. The SMILES string of the molecule is COCCn1cc(NC(=O)N[C@@H]2CCN3CCCC[C@H]23)cn1. The molecule has 0 saturated carbocycles. The smallest absolute Gasteiger partial charge is 0.319 e. The molecule has 2 N–H and O–H groups in total. The van der Waals surface area contributed by atoms with Crippen LogP contribution in [0, 0.1) is 0 Å². The molecule has 7 heteroatoms. The van der Waals surface area contributed by atoms with Crippen LogP contribution in [0.5, 0.6) is 0 Å². The average molecular weight is 307 g/mol. The highest BCUT2D eigenvalue weighted by molar-refractivity contribution is 5.89. The van der Waals surface area contributed by atoms with Crippen molar-refractivity contribution in [1.29, 1.82) is 0 Å². The quantitative estimate of drug-likeness (QED) is 0.859. The Bertz CT molecular complexity index is 504. The number of urea groups is 1. The number of anilines is 1. The molecule has 0 aliphatic carbocycles. The van der Waals surface area contributed by atoms with Gasteiger partial charge in [-0.15, -0.1) is 0 Å². The van der Waals surface area contributed by atoms with Gasteiger partial charge in [0.2, 0.25) is 0 Å². The van der Waals surface area contributed by atoms with Gasteiger partial charge >= 0.3 is 6.03 Å². The summed E-state index contributed by atoms with van der Waals surface area (Å²) in [6.07, 6.45) is 8.28. The minimum atomic E-state index is -0.135. The fraction of sp³-hybridized carbons (Fsp3) is 0.733. The molecule has 2 aliphatic heterocycles. The van der Waals surface area contributed by atoms with Gasteiger partial charge in [-0.1, -0.05) is 6.42 Å². The van der Waals surface area contributed by atoms with E-state index in [1.807, 2.05) is 6.20 Å². The van der Waals surface area contributed by atoms with Crippen LogP contribution >= 0.6 is 0 Å². The Kier molecular flexibility index (Phi) is 4.94. The lowest BCUT2D eigenvalue weighted by Gasteiger charge is -2.32. The highest BCUT2D eigenvalue weighted by Gasteiger charge is 2.36. The van der Waals surface area contributed by atoms with Crippen LogP contribution in [-0.4, -0.2) is 59.6 Å². The van der Waals surface area contributed by atoms with Gasteiger partial charge in [0.05, 0.1) is 25.0 Å². The molecule has 2 aliphatic rings. The van der Waals surface area contributed by atoms with Gasteiger partial charge in [-0.05, 0) is 25.8 Å². The monoisotopic (exact) mass is 307 g/mol. The zero-order valence-corrected chi connectivity index (χ0v) is 13.1. The minimum absolute atomic E-state index is 0.135. The van der Waals surface area contributed by atoms with Crippen LogP contribution in [-0.2, 0) is 11.3 Å². The van der Waals surface area contributed by atoms with E-state index in [2.05, 4.69) is 20.6 Å². The molecule has 3 rings (SSSR count). The summed E-state index contributed by atoms with van der Waals surface area (Å²) in [5, 5.41) is 10.2. The van der Waals surface area contributed by atoms with Crippen molar-refractivity contribution in [3.8, 4) is 0 Å². The number of carbonyl (C=O) groups is 1. The molecule has 7 nitrogen and oxygen atoms in total. The van der Waals surface area contributed by atoms with Gasteiger partial charge in [-0.25, -0.2) is 4.79 Å². The van der Waals surface area contributed by atoms with Crippen molar-refractivity contribution in [2.75, 3.05) is 32.1 Å². The zero-order chi connectivity index (χ0) is 15.4. The highest BCUT2D eigenvalue weighted by Crippen LogP contribution is 2.27. The van der Waals surface area contributed by atoms with E-state index in [0.29, 0.717) is 24.9 Å². The molecule has 22 heavy (non-hydrogen) atoms. The summed E-state index contributed by atoms with van der Waals surface area (Å²) in [5.41, 5.74) is 0.715. The molecule has 0 unspecified atom stereocenters. The summed E-state index contributed by atoms with van der Waals surface area (Å²) < 4.78 is 6.77. The number of piperidine rings is 1. The van der Waals surface area contributed by atoms with Gasteiger partial charge in [-0.2, -0.15) is 5.10 Å². The third-order valence-corrected chi connectivity index (χ3v) is 4.59. The van der Waals surface area contributed by atoms with E-state index in [1.54, 1.807) is 18.0 Å². The Morgan fingerprint density at radius 1 is 1.41 bits per heavy atom. The maximum atomic E-state index is 12.2. The number of rotatable bonds is 5.